The highest BCUT2D eigenvalue weighted by molar-refractivity contribution is 4.63. The molecule has 2 unspecified atom stereocenters. The van der Waals surface area contributed by atoms with Crippen LogP contribution in [-0.4, -0.2) is 23.3 Å². The molecule has 0 aliphatic heterocycles. The van der Waals surface area contributed by atoms with Gasteiger partial charge in [0.15, 0.2) is 0 Å². The van der Waals surface area contributed by atoms with Crippen LogP contribution in [0.4, 0.5) is 0 Å². The van der Waals surface area contributed by atoms with Gasteiger partial charge in [0.25, 0.3) is 0 Å². The SMILES string of the molecule is CC(C)O.CCC(C)NC(C)CC. The summed E-state index contributed by atoms with van der Waals surface area (Å²) in [6, 6.07) is 1.36. The Morgan fingerprint density at radius 2 is 1.15 bits per heavy atom. The fraction of sp³-hybridized carbons (Fsp3) is 1.00. The Morgan fingerprint density at radius 1 is 0.923 bits per heavy atom. The second-order valence-electron chi connectivity index (χ2n) is 3.88. The summed E-state index contributed by atoms with van der Waals surface area (Å²) in [6.45, 7) is 12.3. The molecule has 0 bridgehead atoms. The van der Waals surface area contributed by atoms with Crippen molar-refractivity contribution in [1.82, 2.24) is 5.32 Å². The van der Waals surface area contributed by atoms with Crippen LogP contribution in [0, 0.1) is 0 Å². The van der Waals surface area contributed by atoms with Crippen LogP contribution in [0.15, 0.2) is 0 Å². The Balaban J connectivity index is 0. The molecule has 2 heteroatoms. The third kappa shape index (κ3) is 18.7. The van der Waals surface area contributed by atoms with E-state index in [2.05, 4.69) is 33.0 Å². The Kier molecular flexibility index (Phi) is 11.8. The van der Waals surface area contributed by atoms with Crippen molar-refractivity contribution in [2.45, 2.75) is 72.6 Å². The van der Waals surface area contributed by atoms with Crippen molar-refractivity contribution >= 4 is 0 Å². The standard InChI is InChI=1S/C8H19N.C3H8O/c1-5-7(3)9-8(4)6-2;1-3(2)4/h7-9H,5-6H2,1-4H3;3-4H,1-2H3. The normalized spacial score (nSPS) is 14.8. The Bertz CT molecular complexity index is 83.3. The monoisotopic (exact) mass is 189 g/mol. The van der Waals surface area contributed by atoms with Gasteiger partial charge in [0.05, 0.1) is 0 Å². The zero-order chi connectivity index (χ0) is 10.9. The minimum absolute atomic E-state index is 0.167. The summed E-state index contributed by atoms with van der Waals surface area (Å²) in [7, 11) is 0. The molecule has 82 valence electrons. The summed E-state index contributed by atoms with van der Waals surface area (Å²) < 4.78 is 0. The molecule has 0 rings (SSSR count). The van der Waals surface area contributed by atoms with Gasteiger partial charge in [0, 0.05) is 18.2 Å². The first-order valence-electron chi connectivity index (χ1n) is 5.38. The predicted molar refractivity (Wildman–Crippen MR) is 60.0 cm³/mol. The molecule has 0 spiro atoms. The summed E-state index contributed by atoms with van der Waals surface area (Å²) in [4.78, 5) is 0. The van der Waals surface area contributed by atoms with Gasteiger partial charge in [-0.2, -0.15) is 0 Å². The third-order valence-corrected chi connectivity index (χ3v) is 1.79. The lowest BCUT2D eigenvalue weighted by Crippen LogP contribution is -2.33. The molecule has 0 saturated heterocycles. The van der Waals surface area contributed by atoms with Crippen LogP contribution in [0.2, 0.25) is 0 Å². The highest BCUT2D eigenvalue weighted by atomic mass is 16.3. The average molecular weight is 189 g/mol. The predicted octanol–water partition coefficient (Wildman–Crippen LogP) is 2.56. The van der Waals surface area contributed by atoms with E-state index in [-0.39, 0.29) is 6.10 Å². The third-order valence-electron chi connectivity index (χ3n) is 1.79. The molecule has 0 radical (unpaired) electrons. The summed E-state index contributed by atoms with van der Waals surface area (Å²) in [5.41, 5.74) is 0. The van der Waals surface area contributed by atoms with Crippen LogP contribution < -0.4 is 5.32 Å². The average Bonchev–Trinajstić information content (AvgIpc) is 2.03. The maximum absolute atomic E-state index is 8.06. The van der Waals surface area contributed by atoms with Gasteiger partial charge < -0.3 is 10.4 Å². The minimum Gasteiger partial charge on any atom is -0.394 e. The molecular weight excluding hydrogens is 162 g/mol. The fourth-order valence-corrected chi connectivity index (χ4v) is 0.721. The van der Waals surface area contributed by atoms with Gasteiger partial charge in [0.2, 0.25) is 0 Å². The second-order valence-corrected chi connectivity index (χ2v) is 3.88. The van der Waals surface area contributed by atoms with Crippen molar-refractivity contribution in [3.8, 4) is 0 Å². The topological polar surface area (TPSA) is 32.3 Å². The van der Waals surface area contributed by atoms with E-state index in [4.69, 9.17) is 5.11 Å². The van der Waals surface area contributed by atoms with Crippen molar-refractivity contribution in [2.75, 3.05) is 0 Å². The maximum Gasteiger partial charge on any atom is 0.0483 e. The number of nitrogens with one attached hydrogen (secondary N) is 1. The molecule has 0 heterocycles. The lowest BCUT2D eigenvalue weighted by atomic mass is 10.2. The molecule has 0 aliphatic carbocycles. The minimum atomic E-state index is -0.167. The molecule has 2 nitrogen and oxygen atoms in total. The van der Waals surface area contributed by atoms with E-state index < -0.39 is 0 Å². The summed E-state index contributed by atoms with van der Waals surface area (Å²) in [6.07, 6.45) is 2.29. The summed E-state index contributed by atoms with van der Waals surface area (Å²) in [5.74, 6) is 0. The second kappa shape index (κ2) is 10.0. The molecule has 0 aromatic heterocycles. The summed E-state index contributed by atoms with van der Waals surface area (Å²) >= 11 is 0. The quantitative estimate of drug-likeness (QED) is 0.712. The lowest BCUT2D eigenvalue weighted by Gasteiger charge is -2.16. The van der Waals surface area contributed by atoms with Crippen LogP contribution in [0.1, 0.15) is 54.4 Å². The van der Waals surface area contributed by atoms with Gasteiger partial charge in [-0.3, -0.25) is 0 Å². The van der Waals surface area contributed by atoms with Crippen molar-refractivity contribution in [3.05, 3.63) is 0 Å². The first-order chi connectivity index (χ1) is 5.93. The van der Waals surface area contributed by atoms with Crippen LogP contribution in [0.5, 0.6) is 0 Å². The Hall–Kier alpha value is -0.0800. The Morgan fingerprint density at radius 3 is 1.31 bits per heavy atom. The molecule has 2 N–H and O–H groups in total. The Labute approximate surface area is 83.7 Å². The molecule has 0 fully saturated rings. The lowest BCUT2D eigenvalue weighted by molar-refractivity contribution is 0.216. The maximum atomic E-state index is 8.06. The molecule has 13 heavy (non-hydrogen) atoms. The van der Waals surface area contributed by atoms with Gasteiger partial charge in [-0.1, -0.05) is 13.8 Å². The number of hydrogen-bond acceptors (Lipinski definition) is 2. The van der Waals surface area contributed by atoms with E-state index in [1.807, 2.05) is 0 Å². The number of aliphatic hydroxyl groups is 1. The molecule has 0 amide bonds. The number of rotatable bonds is 4. The largest absolute Gasteiger partial charge is 0.394 e. The van der Waals surface area contributed by atoms with E-state index in [0.29, 0.717) is 12.1 Å². The van der Waals surface area contributed by atoms with E-state index in [9.17, 15) is 0 Å². The highest BCUT2D eigenvalue weighted by Crippen LogP contribution is 1.93. The molecule has 0 aromatic rings. The van der Waals surface area contributed by atoms with Gasteiger partial charge in [0.1, 0.15) is 0 Å². The van der Waals surface area contributed by atoms with Crippen LogP contribution in [0.25, 0.3) is 0 Å². The van der Waals surface area contributed by atoms with Gasteiger partial charge in [-0.05, 0) is 40.5 Å². The van der Waals surface area contributed by atoms with Crippen LogP contribution in [-0.2, 0) is 0 Å². The van der Waals surface area contributed by atoms with Gasteiger partial charge in [-0.25, -0.2) is 0 Å². The smallest absolute Gasteiger partial charge is 0.0483 e. The molecule has 0 aliphatic rings. The van der Waals surface area contributed by atoms with Crippen molar-refractivity contribution in [2.24, 2.45) is 0 Å². The van der Waals surface area contributed by atoms with Crippen molar-refractivity contribution < 1.29 is 5.11 Å². The summed E-state index contributed by atoms with van der Waals surface area (Å²) in [5, 5.41) is 11.5. The van der Waals surface area contributed by atoms with Crippen molar-refractivity contribution in [1.29, 1.82) is 0 Å². The van der Waals surface area contributed by atoms with Crippen molar-refractivity contribution in [3.63, 3.8) is 0 Å². The molecular formula is C11H27NO. The number of hydrogen-bond donors (Lipinski definition) is 2. The van der Waals surface area contributed by atoms with Gasteiger partial charge >= 0.3 is 0 Å². The first kappa shape index (κ1) is 15.4. The van der Waals surface area contributed by atoms with E-state index in [0.717, 1.165) is 0 Å². The molecule has 0 aromatic carbocycles. The van der Waals surface area contributed by atoms with Crippen LogP contribution in [0.3, 0.4) is 0 Å². The zero-order valence-corrected chi connectivity index (χ0v) is 10.1. The van der Waals surface area contributed by atoms with E-state index in [1.165, 1.54) is 12.8 Å². The molecule has 2 atom stereocenters. The van der Waals surface area contributed by atoms with Gasteiger partial charge in [-0.15, -0.1) is 0 Å². The number of aliphatic hydroxyl groups excluding tert-OH is 1. The van der Waals surface area contributed by atoms with E-state index >= 15 is 0 Å². The van der Waals surface area contributed by atoms with E-state index in [1.54, 1.807) is 13.8 Å². The molecule has 0 saturated carbocycles. The zero-order valence-electron chi connectivity index (χ0n) is 10.1. The van der Waals surface area contributed by atoms with Crippen LogP contribution >= 0.6 is 0 Å². The first-order valence-corrected chi connectivity index (χ1v) is 5.38. The highest BCUT2D eigenvalue weighted by Gasteiger charge is 2.00. The fourth-order valence-electron chi connectivity index (χ4n) is 0.721.